The summed E-state index contributed by atoms with van der Waals surface area (Å²) in [7, 11) is 0. The average molecular weight is 1130 g/mol. The number of amides is 11. The number of hydrogen-bond donors (Lipinski definition) is 14. The topological polar surface area (TPSA) is 431 Å². The molecule has 434 valence electrons. The van der Waals surface area contributed by atoms with Crippen LogP contribution in [0.4, 0.5) is 0 Å². The number of benzene rings is 1. The smallest absolute Gasteiger partial charge is 0.245 e. The van der Waals surface area contributed by atoms with Crippen LogP contribution in [0.15, 0.2) is 60.5 Å². The molecule has 10 atom stereocenters. The van der Waals surface area contributed by atoms with Crippen LogP contribution in [0.5, 0.6) is 0 Å². The Morgan fingerprint density at radius 2 is 1.24 bits per heavy atom. The lowest BCUT2D eigenvalue weighted by atomic mass is 10.0. The number of aliphatic hydroxyl groups excluding tert-OH is 1. The van der Waals surface area contributed by atoms with Gasteiger partial charge in [-0.1, -0.05) is 38.1 Å². The third-order valence-corrected chi connectivity index (χ3v) is 14.0. The summed E-state index contributed by atoms with van der Waals surface area (Å²) in [5, 5.41) is 36.2. The van der Waals surface area contributed by atoms with Crippen LogP contribution < -0.4 is 59.3 Å². The van der Waals surface area contributed by atoms with Gasteiger partial charge in [0.05, 0.1) is 30.2 Å². The van der Waals surface area contributed by atoms with Crippen LogP contribution in [0.2, 0.25) is 0 Å². The normalized spacial score (nSPS) is 24.8. The number of aliphatic hydroxyl groups is 1. The Hall–Kier alpha value is -8.34. The Kier molecular flexibility index (Phi) is 23.1. The van der Waals surface area contributed by atoms with Crippen molar-refractivity contribution < 1.29 is 57.8 Å². The zero-order valence-corrected chi connectivity index (χ0v) is 46.1. The number of rotatable bonds is 11. The SMILES string of the molecule is CC(=O)N[C@H]1CSc2c3ccccc3cn2CCCC[C@@H](C(N)=O)NC(=O)[C@H](C)NC(=O)[C@H](Cc2cnc[nH]2)NC(=O)[C@H]([C@@H](C)O)NC(=O)[C@H](CC(C)C)NC(=O)[C@H](CC(N)=O)NC(=O)[C@H](Cc2cnc[nH]2)NC(=O)[C@H](C)NC1=O. The largest absolute Gasteiger partial charge is 0.391 e. The summed E-state index contributed by atoms with van der Waals surface area (Å²) >= 11 is 1.26. The third-order valence-electron chi connectivity index (χ3n) is 12.8. The number of nitrogens with zero attached hydrogens (tertiary/aromatic N) is 3. The predicted molar refractivity (Wildman–Crippen MR) is 290 cm³/mol. The number of imidazole rings is 2. The summed E-state index contributed by atoms with van der Waals surface area (Å²) in [6.07, 6.45) is 5.33. The second kappa shape index (κ2) is 29.6. The second-order valence-corrected chi connectivity index (χ2v) is 21.0. The summed E-state index contributed by atoms with van der Waals surface area (Å²) in [4.78, 5) is 163. The van der Waals surface area contributed by atoms with Gasteiger partial charge in [-0.25, -0.2) is 9.97 Å². The van der Waals surface area contributed by atoms with E-state index in [0.29, 0.717) is 30.8 Å². The van der Waals surface area contributed by atoms with Crippen molar-refractivity contribution in [3.8, 4) is 0 Å². The first kappa shape index (κ1) is 62.5. The van der Waals surface area contributed by atoms with Crippen LogP contribution in [0, 0.1) is 5.92 Å². The maximum absolute atomic E-state index is 14.2. The van der Waals surface area contributed by atoms with Crippen LogP contribution in [0.25, 0.3) is 10.8 Å². The van der Waals surface area contributed by atoms with Crippen molar-refractivity contribution >= 4 is 87.5 Å². The monoisotopic (exact) mass is 1130 g/mol. The Balaban J connectivity index is 1.50. The molecule has 16 N–H and O–H groups in total. The number of carbonyl (C=O) groups is 11. The number of carbonyl (C=O) groups excluding carboxylic acids is 11. The highest BCUT2D eigenvalue weighted by Gasteiger charge is 2.37. The fourth-order valence-electron chi connectivity index (χ4n) is 8.60. The molecule has 0 radical (unpaired) electrons. The van der Waals surface area contributed by atoms with Gasteiger partial charge in [0, 0.05) is 72.8 Å². The molecule has 1 aliphatic heterocycles. The highest BCUT2D eigenvalue weighted by atomic mass is 32.2. The van der Waals surface area contributed by atoms with Crippen LogP contribution in [-0.4, -0.2) is 161 Å². The first-order chi connectivity index (χ1) is 37.9. The molecule has 11 amide bonds. The Labute approximate surface area is 464 Å². The zero-order valence-electron chi connectivity index (χ0n) is 45.3. The molecule has 0 bridgehead atoms. The maximum Gasteiger partial charge on any atom is 0.245 e. The summed E-state index contributed by atoms with van der Waals surface area (Å²) in [5.41, 5.74) is 12.0. The lowest BCUT2D eigenvalue weighted by molar-refractivity contribution is -0.137. The summed E-state index contributed by atoms with van der Waals surface area (Å²) in [6, 6.07) is -5.42. The number of thioether (sulfide) groups is 1. The Bertz CT molecular complexity index is 2840. The van der Waals surface area contributed by atoms with Crippen molar-refractivity contribution in [1.82, 2.24) is 72.4 Å². The van der Waals surface area contributed by atoms with E-state index < -0.39 is 132 Å². The first-order valence-corrected chi connectivity index (χ1v) is 27.0. The number of fused-ring (bicyclic) bond motifs is 3. The van der Waals surface area contributed by atoms with Crippen molar-refractivity contribution in [2.45, 2.75) is 159 Å². The van der Waals surface area contributed by atoms with E-state index >= 15 is 0 Å². The molecule has 4 aromatic rings. The second-order valence-electron chi connectivity index (χ2n) is 20.0. The van der Waals surface area contributed by atoms with Gasteiger partial charge >= 0.3 is 0 Å². The van der Waals surface area contributed by atoms with Crippen molar-refractivity contribution in [3.63, 3.8) is 0 Å². The highest BCUT2D eigenvalue weighted by molar-refractivity contribution is 7.99. The molecule has 5 rings (SSSR count). The van der Waals surface area contributed by atoms with Gasteiger partial charge in [0.15, 0.2) is 0 Å². The molecule has 0 unspecified atom stereocenters. The van der Waals surface area contributed by atoms with Gasteiger partial charge in [-0.2, -0.15) is 0 Å². The van der Waals surface area contributed by atoms with Crippen molar-refractivity contribution in [1.29, 1.82) is 0 Å². The number of nitrogens with two attached hydrogens (primary N) is 2. The highest BCUT2D eigenvalue weighted by Crippen LogP contribution is 2.31. The number of H-pyrrole nitrogens is 2. The number of hydrogen-bond acceptors (Lipinski definition) is 15. The molecule has 28 nitrogen and oxygen atoms in total. The molecule has 29 heteroatoms. The predicted octanol–water partition coefficient (Wildman–Crippen LogP) is -2.94. The van der Waals surface area contributed by atoms with Gasteiger partial charge in [-0.05, 0) is 52.4 Å². The van der Waals surface area contributed by atoms with E-state index in [4.69, 9.17) is 11.5 Å². The van der Waals surface area contributed by atoms with E-state index in [1.165, 1.54) is 64.5 Å². The van der Waals surface area contributed by atoms with E-state index in [-0.39, 0.29) is 37.4 Å². The lowest BCUT2D eigenvalue weighted by Gasteiger charge is -2.29. The molecule has 1 aromatic carbocycles. The molecule has 0 saturated carbocycles. The van der Waals surface area contributed by atoms with E-state index in [0.717, 1.165) is 15.8 Å². The Morgan fingerprint density at radius 3 is 1.80 bits per heavy atom. The van der Waals surface area contributed by atoms with Crippen molar-refractivity contribution in [2.75, 3.05) is 5.75 Å². The van der Waals surface area contributed by atoms with Crippen molar-refractivity contribution in [3.05, 3.63) is 66.9 Å². The van der Waals surface area contributed by atoms with Crippen LogP contribution in [0.1, 0.15) is 85.0 Å². The third kappa shape index (κ3) is 18.7. The van der Waals surface area contributed by atoms with Gasteiger partial charge < -0.3 is 79.0 Å². The minimum atomic E-state index is -1.76. The average Bonchev–Trinajstić information content (AvgIpc) is 4.19. The number of aromatic nitrogens is 5. The summed E-state index contributed by atoms with van der Waals surface area (Å²) in [5.74, 6) is -10.1. The van der Waals surface area contributed by atoms with E-state index in [9.17, 15) is 57.8 Å². The standard InChI is InChI=1S/C51H72N16O12S/c1-25(2)15-35-48(77)66-41(28(5)68)50(79)65-36(16-31-19-54-23-56-31)45(74)58-26(3)43(72)61-34(42(53)71)13-9-10-14-67-21-30-11-7-8-12-33(30)51(67)80-22-39(60-29(6)69)49(78)59-27(4)44(73)62-37(17-32-20-55-24-57-32)46(75)64-38(18-40(52)70)47(76)63-35/h7-8,11-12,19-21,23-28,34-39,41,68H,9-10,13-18,22H2,1-6H3,(H2,52,70)(H2,53,71)(H,54,56)(H,55,57)(H,58,74)(H,59,78)(H,60,69)(H,61,72)(H,62,73)(H,63,76)(H,64,75)(H,65,79)(H,66,77)/t26-,27-,28+,34-,35-,36-,37-,38-,39-,41-/m0/s1. The van der Waals surface area contributed by atoms with Crippen molar-refractivity contribution in [2.24, 2.45) is 17.4 Å². The molecule has 0 aliphatic carbocycles. The molecule has 0 fully saturated rings. The van der Waals surface area contributed by atoms with E-state index in [1.807, 2.05) is 35.0 Å². The van der Waals surface area contributed by atoms with Gasteiger partial charge in [0.1, 0.15) is 54.4 Å². The van der Waals surface area contributed by atoms with Gasteiger partial charge in [0.2, 0.25) is 65.0 Å². The molecule has 80 heavy (non-hydrogen) atoms. The van der Waals surface area contributed by atoms with Gasteiger partial charge in [-0.15, -0.1) is 11.8 Å². The number of aromatic amines is 2. The quantitative estimate of drug-likeness (QED) is 0.0715. The molecule has 3 aromatic heterocycles. The lowest BCUT2D eigenvalue weighted by Crippen LogP contribution is -2.62. The fourth-order valence-corrected chi connectivity index (χ4v) is 9.81. The summed E-state index contributed by atoms with van der Waals surface area (Å²) < 4.78 is 1.95. The molecule has 0 saturated heterocycles. The molecular weight excluding hydrogens is 1060 g/mol. The minimum Gasteiger partial charge on any atom is -0.391 e. The van der Waals surface area contributed by atoms with Crippen LogP contribution in [-0.2, 0) is 72.1 Å². The number of nitrogens with one attached hydrogen (secondary N) is 11. The van der Waals surface area contributed by atoms with Crippen LogP contribution >= 0.6 is 11.8 Å². The molecule has 1 aliphatic rings. The zero-order chi connectivity index (χ0) is 58.8. The van der Waals surface area contributed by atoms with Gasteiger partial charge in [-0.3, -0.25) is 52.7 Å². The summed E-state index contributed by atoms with van der Waals surface area (Å²) in [6.45, 7) is 8.95. The van der Waals surface area contributed by atoms with Gasteiger partial charge in [0.25, 0.3) is 0 Å². The van der Waals surface area contributed by atoms with E-state index in [2.05, 4.69) is 67.8 Å². The van der Waals surface area contributed by atoms with Crippen LogP contribution in [0.3, 0.4) is 0 Å². The first-order valence-electron chi connectivity index (χ1n) is 26.0. The fraction of sp³-hybridized carbons (Fsp3) is 0.510. The molecule has 4 heterocycles. The number of aryl methyl sites for hydroxylation is 1. The minimum absolute atomic E-state index is 0.0104. The molecular formula is C51H72N16O12S. The molecule has 0 spiro atoms. The number of primary amides is 2. The Morgan fingerprint density at radius 1 is 0.700 bits per heavy atom. The maximum atomic E-state index is 14.2. The van der Waals surface area contributed by atoms with E-state index in [1.54, 1.807) is 13.8 Å².